The van der Waals surface area contributed by atoms with Crippen LogP contribution < -0.4 is 11.1 Å². The third-order valence-corrected chi connectivity index (χ3v) is 4.46. The smallest absolute Gasteiger partial charge is 0.224 e. The van der Waals surface area contributed by atoms with Crippen molar-refractivity contribution in [2.45, 2.75) is 45.1 Å². The molecule has 2 atom stereocenters. The zero-order valence-corrected chi connectivity index (χ0v) is 12.3. The van der Waals surface area contributed by atoms with E-state index in [9.17, 15) is 4.79 Å². The Balaban J connectivity index is 1.88. The number of carbonyl (C=O) groups is 1. The number of carbonyl (C=O) groups excluding carboxylic acids is 1. The van der Waals surface area contributed by atoms with Gasteiger partial charge in [-0.05, 0) is 37.7 Å². The number of hydrogen-bond donors (Lipinski definition) is 2. The van der Waals surface area contributed by atoms with Gasteiger partial charge in [0.1, 0.15) is 0 Å². The first-order chi connectivity index (χ1) is 9.70. The van der Waals surface area contributed by atoms with Gasteiger partial charge in [0.15, 0.2) is 0 Å². The Morgan fingerprint density at radius 1 is 1.30 bits per heavy atom. The monoisotopic (exact) mass is 274 g/mol. The summed E-state index contributed by atoms with van der Waals surface area (Å²) in [4.78, 5) is 12.4. The molecule has 1 amide bonds. The summed E-state index contributed by atoms with van der Waals surface area (Å²) < 4.78 is 0. The maximum atomic E-state index is 12.4. The summed E-state index contributed by atoms with van der Waals surface area (Å²) in [6, 6.07) is 10.4. The fourth-order valence-corrected chi connectivity index (χ4v) is 3.10. The summed E-state index contributed by atoms with van der Waals surface area (Å²) in [6.07, 6.45) is 5.81. The Morgan fingerprint density at radius 2 is 1.95 bits per heavy atom. The molecule has 3 nitrogen and oxygen atoms in total. The topological polar surface area (TPSA) is 55.1 Å². The second kappa shape index (κ2) is 7.44. The van der Waals surface area contributed by atoms with Crippen LogP contribution in [-0.4, -0.2) is 18.5 Å². The molecule has 110 valence electrons. The molecule has 0 saturated heterocycles. The lowest BCUT2D eigenvalue weighted by Gasteiger charge is -2.23. The largest absolute Gasteiger partial charge is 0.353 e. The first-order valence-corrected chi connectivity index (χ1v) is 7.75. The second-order valence-corrected chi connectivity index (χ2v) is 5.96. The standard InChI is InChI=1S/C17H26N2O/c1-13(15-9-5-6-10-15)19-17(20)16(12-18)11-14-7-3-2-4-8-14/h2-4,7-8,13,15-16H,5-6,9-12,18H2,1H3,(H,19,20). The molecular formula is C17H26N2O. The zero-order chi connectivity index (χ0) is 14.4. The van der Waals surface area contributed by atoms with E-state index in [0.29, 0.717) is 12.5 Å². The number of hydrogen-bond acceptors (Lipinski definition) is 2. The van der Waals surface area contributed by atoms with Gasteiger partial charge in [-0.3, -0.25) is 4.79 Å². The average molecular weight is 274 g/mol. The van der Waals surface area contributed by atoms with Crippen LogP contribution >= 0.6 is 0 Å². The molecule has 1 aliphatic carbocycles. The molecule has 1 saturated carbocycles. The Hall–Kier alpha value is -1.35. The molecule has 0 spiro atoms. The number of rotatable bonds is 6. The van der Waals surface area contributed by atoms with Crippen molar-refractivity contribution in [2.75, 3.05) is 6.54 Å². The summed E-state index contributed by atoms with van der Waals surface area (Å²) >= 11 is 0. The van der Waals surface area contributed by atoms with Crippen molar-refractivity contribution < 1.29 is 4.79 Å². The van der Waals surface area contributed by atoms with Crippen LogP contribution in [0.3, 0.4) is 0 Å². The summed E-state index contributed by atoms with van der Waals surface area (Å²) in [7, 11) is 0. The summed E-state index contributed by atoms with van der Waals surface area (Å²) in [5.74, 6) is 0.631. The fraction of sp³-hybridized carbons (Fsp3) is 0.588. The lowest BCUT2D eigenvalue weighted by molar-refractivity contribution is -0.125. The van der Waals surface area contributed by atoms with E-state index in [1.807, 2.05) is 18.2 Å². The normalized spacial score (nSPS) is 18.7. The maximum absolute atomic E-state index is 12.4. The van der Waals surface area contributed by atoms with E-state index in [2.05, 4.69) is 24.4 Å². The van der Waals surface area contributed by atoms with Crippen LogP contribution in [-0.2, 0) is 11.2 Å². The van der Waals surface area contributed by atoms with Crippen molar-refractivity contribution in [1.29, 1.82) is 0 Å². The van der Waals surface area contributed by atoms with E-state index in [4.69, 9.17) is 5.73 Å². The SMILES string of the molecule is CC(NC(=O)C(CN)Cc1ccccc1)C1CCCC1. The van der Waals surface area contributed by atoms with E-state index >= 15 is 0 Å². The third kappa shape index (κ3) is 4.07. The minimum atomic E-state index is -0.124. The second-order valence-electron chi connectivity index (χ2n) is 5.96. The molecule has 0 radical (unpaired) electrons. The fourth-order valence-electron chi connectivity index (χ4n) is 3.10. The molecule has 2 rings (SSSR count). The van der Waals surface area contributed by atoms with Crippen LogP contribution in [0.2, 0.25) is 0 Å². The lowest BCUT2D eigenvalue weighted by atomic mass is 9.96. The van der Waals surface area contributed by atoms with E-state index in [0.717, 1.165) is 6.42 Å². The van der Waals surface area contributed by atoms with Crippen molar-refractivity contribution in [1.82, 2.24) is 5.32 Å². The van der Waals surface area contributed by atoms with Crippen molar-refractivity contribution >= 4 is 5.91 Å². The molecule has 3 N–H and O–H groups in total. The van der Waals surface area contributed by atoms with E-state index in [-0.39, 0.29) is 17.9 Å². The van der Waals surface area contributed by atoms with Crippen LogP contribution in [0, 0.1) is 11.8 Å². The van der Waals surface area contributed by atoms with Gasteiger partial charge in [-0.1, -0.05) is 43.2 Å². The predicted octanol–water partition coefficient (Wildman–Crippen LogP) is 2.50. The molecular weight excluding hydrogens is 248 g/mol. The minimum Gasteiger partial charge on any atom is -0.353 e. The van der Waals surface area contributed by atoms with Gasteiger partial charge in [0.2, 0.25) is 5.91 Å². The van der Waals surface area contributed by atoms with Crippen molar-refractivity contribution in [3.05, 3.63) is 35.9 Å². The highest BCUT2D eigenvalue weighted by molar-refractivity contribution is 5.79. The average Bonchev–Trinajstić information content (AvgIpc) is 3.00. The minimum absolute atomic E-state index is 0.107. The summed E-state index contributed by atoms with van der Waals surface area (Å²) in [5, 5.41) is 3.17. The molecule has 0 heterocycles. The molecule has 1 fully saturated rings. The van der Waals surface area contributed by atoms with Gasteiger partial charge in [0.05, 0.1) is 5.92 Å². The Bertz CT molecular complexity index is 412. The summed E-state index contributed by atoms with van der Waals surface area (Å²) in [6.45, 7) is 2.53. The van der Waals surface area contributed by atoms with Gasteiger partial charge in [-0.25, -0.2) is 0 Å². The molecule has 3 heteroatoms. The van der Waals surface area contributed by atoms with E-state index < -0.39 is 0 Å². The molecule has 1 aromatic carbocycles. The number of benzene rings is 1. The van der Waals surface area contributed by atoms with Crippen LogP contribution in [0.15, 0.2) is 30.3 Å². The Kier molecular flexibility index (Phi) is 5.60. The molecule has 0 aromatic heterocycles. The number of nitrogens with two attached hydrogens (primary N) is 1. The zero-order valence-electron chi connectivity index (χ0n) is 12.3. The highest BCUT2D eigenvalue weighted by atomic mass is 16.1. The first kappa shape index (κ1) is 15.0. The van der Waals surface area contributed by atoms with Crippen LogP contribution in [0.4, 0.5) is 0 Å². The van der Waals surface area contributed by atoms with Gasteiger partial charge >= 0.3 is 0 Å². The Morgan fingerprint density at radius 3 is 2.55 bits per heavy atom. The lowest BCUT2D eigenvalue weighted by Crippen LogP contribution is -2.43. The van der Waals surface area contributed by atoms with Gasteiger partial charge in [-0.2, -0.15) is 0 Å². The van der Waals surface area contributed by atoms with Gasteiger partial charge in [0, 0.05) is 12.6 Å². The molecule has 1 aliphatic rings. The van der Waals surface area contributed by atoms with Gasteiger partial charge < -0.3 is 11.1 Å². The van der Waals surface area contributed by atoms with Gasteiger partial charge in [0.25, 0.3) is 0 Å². The van der Waals surface area contributed by atoms with Crippen LogP contribution in [0.25, 0.3) is 0 Å². The Labute approximate surface area is 121 Å². The molecule has 0 aliphatic heterocycles. The highest BCUT2D eigenvalue weighted by Crippen LogP contribution is 2.27. The van der Waals surface area contributed by atoms with Crippen molar-refractivity contribution in [3.8, 4) is 0 Å². The number of amides is 1. The first-order valence-electron chi connectivity index (χ1n) is 7.75. The molecule has 2 unspecified atom stereocenters. The predicted molar refractivity (Wildman–Crippen MR) is 82.3 cm³/mol. The van der Waals surface area contributed by atoms with E-state index in [1.165, 1.54) is 31.2 Å². The summed E-state index contributed by atoms with van der Waals surface area (Å²) in [5.41, 5.74) is 6.96. The van der Waals surface area contributed by atoms with Crippen molar-refractivity contribution in [2.24, 2.45) is 17.6 Å². The van der Waals surface area contributed by atoms with Crippen LogP contribution in [0.1, 0.15) is 38.2 Å². The molecule has 20 heavy (non-hydrogen) atoms. The van der Waals surface area contributed by atoms with Crippen molar-refractivity contribution in [3.63, 3.8) is 0 Å². The molecule has 1 aromatic rings. The quantitative estimate of drug-likeness (QED) is 0.837. The van der Waals surface area contributed by atoms with E-state index in [1.54, 1.807) is 0 Å². The highest BCUT2D eigenvalue weighted by Gasteiger charge is 2.25. The molecule has 0 bridgehead atoms. The van der Waals surface area contributed by atoms with Crippen LogP contribution in [0.5, 0.6) is 0 Å². The maximum Gasteiger partial charge on any atom is 0.224 e. The number of nitrogens with one attached hydrogen (secondary N) is 1. The van der Waals surface area contributed by atoms with Gasteiger partial charge in [-0.15, -0.1) is 0 Å². The third-order valence-electron chi connectivity index (χ3n) is 4.46.